The van der Waals surface area contributed by atoms with Crippen LogP contribution in [0.3, 0.4) is 0 Å². The van der Waals surface area contributed by atoms with Crippen LogP contribution in [-0.2, 0) is 9.84 Å². The van der Waals surface area contributed by atoms with Crippen LogP contribution in [0.1, 0.15) is 0 Å². The second kappa shape index (κ2) is 4.22. The van der Waals surface area contributed by atoms with Gasteiger partial charge in [0.1, 0.15) is 5.75 Å². The van der Waals surface area contributed by atoms with Gasteiger partial charge in [-0.1, -0.05) is 30.3 Å². The Morgan fingerprint density at radius 3 is 2.12 bits per heavy atom. The van der Waals surface area contributed by atoms with Crippen molar-refractivity contribution < 1.29 is 13.5 Å². The van der Waals surface area contributed by atoms with Crippen molar-refractivity contribution >= 4 is 9.84 Å². The number of hydrogen-bond acceptors (Lipinski definition) is 3. The van der Waals surface area contributed by atoms with Crippen LogP contribution in [0.2, 0.25) is 0 Å². The third-order valence-corrected chi connectivity index (χ3v) is 3.62. The van der Waals surface area contributed by atoms with Crippen molar-refractivity contribution in [1.29, 1.82) is 0 Å². The molecule has 0 aliphatic heterocycles. The molecule has 2 rings (SSSR count). The van der Waals surface area contributed by atoms with Gasteiger partial charge in [0.25, 0.3) is 0 Å². The van der Waals surface area contributed by atoms with Crippen molar-refractivity contribution in [2.75, 3.05) is 6.26 Å². The topological polar surface area (TPSA) is 54.4 Å². The minimum Gasteiger partial charge on any atom is -0.508 e. The predicted octanol–water partition coefficient (Wildman–Crippen LogP) is 2.46. The average Bonchev–Trinajstić information content (AvgIpc) is 2.29. The molecule has 2 aromatic carbocycles. The van der Waals surface area contributed by atoms with Crippen molar-refractivity contribution in [1.82, 2.24) is 0 Å². The van der Waals surface area contributed by atoms with Gasteiger partial charge < -0.3 is 5.11 Å². The SMILES string of the molecule is CS(=O)(=O)c1ccccc1-c1ccc(O)cc1. The summed E-state index contributed by atoms with van der Waals surface area (Å²) in [5.74, 6) is 0.158. The Labute approximate surface area is 100 Å². The van der Waals surface area contributed by atoms with Gasteiger partial charge in [0.05, 0.1) is 4.90 Å². The van der Waals surface area contributed by atoms with E-state index in [4.69, 9.17) is 0 Å². The lowest BCUT2D eigenvalue weighted by molar-refractivity contribution is 0.475. The zero-order chi connectivity index (χ0) is 12.5. The molecule has 1 N–H and O–H groups in total. The number of phenols is 1. The smallest absolute Gasteiger partial charge is 0.176 e. The number of aromatic hydroxyl groups is 1. The summed E-state index contributed by atoms with van der Waals surface area (Å²) in [4.78, 5) is 0.297. The first kappa shape index (κ1) is 11.7. The number of rotatable bonds is 2. The van der Waals surface area contributed by atoms with Gasteiger partial charge in [-0.2, -0.15) is 0 Å². The van der Waals surface area contributed by atoms with Gasteiger partial charge in [-0.3, -0.25) is 0 Å². The van der Waals surface area contributed by atoms with Crippen LogP contribution < -0.4 is 0 Å². The van der Waals surface area contributed by atoms with Crippen LogP contribution >= 0.6 is 0 Å². The third kappa shape index (κ3) is 2.47. The highest BCUT2D eigenvalue weighted by Gasteiger charge is 2.13. The standard InChI is InChI=1S/C13H12O3S/c1-17(15,16)13-5-3-2-4-12(13)10-6-8-11(14)9-7-10/h2-9,14H,1H3. The molecule has 0 amide bonds. The summed E-state index contributed by atoms with van der Waals surface area (Å²) in [7, 11) is -3.25. The number of phenolic OH excluding ortho intramolecular Hbond substituents is 1. The van der Waals surface area contributed by atoms with E-state index >= 15 is 0 Å². The molecule has 0 spiro atoms. The summed E-state index contributed by atoms with van der Waals surface area (Å²) in [6.07, 6.45) is 1.19. The van der Waals surface area contributed by atoms with E-state index in [0.29, 0.717) is 10.5 Å². The molecule has 88 valence electrons. The predicted molar refractivity (Wildman–Crippen MR) is 66.7 cm³/mol. The zero-order valence-corrected chi connectivity index (χ0v) is 10.1. The molecule has 4 heteroatoms. The molecule has 0 aliphatic rings. The van der Waals surface area contributed by atoms with Crippen molar-refractivity contribution in [2.45, 2.75) is 4.90 Å². The van der Waals surface area contributed by atoms with E-state index in [1.54, 1.807) is 36.4 Å². The quantitative estimate of drug-likeness (QED) is 0.888. The lowest BCUT2D eigenvalue weighted by atomic mass is 10.1. The highest BCUT2D eigenvalue weighted by molar-refractivity contribution is 7.90. The Balaban J connectivity index is 2.64. The fraction of sp³-hybridized carbons (Fsp3) is 0.0769. The molecule has 2 aromatic rings. The first-order valence-electron chi connectivity index (χ1n) is 5.07. The van der Waals surface area contributed by atoms with E-state index in [9.17, 15) is 13.5 Å². The lowest BCUT2D eigenvalue weighted by Crippen LogP contribution is -1.99. The van der Waals surface area contributed by atoms with Crippen LogP contribution in [0, 0.1) is 0 Å². The second-order valence-corrected chi connectivity index (χ2v) is 5.80. The molecule has 0 saturated heterocycles. The van der Waals surface area contributed by atoms with Gasteiger partial charge in [-0.25, -0.2) is 8.42 Å². The molecule has 0 radical (unpaired) electrons. The highest BCUT2D eigenvalue weighted by atomic mass is 32.2. The molecule has 0 heterocycles. The van der Waals surface area contributed by atoms with Crippen molar-refractivity contribution in [2.24, 2.45) is 0 Å². The normalized spacial score (nSPS) is 11.4. The summed E-state index contributed by atoms with van der Waals surface area (Å²) in [6, 6.07) is 13.3. The van der Waals surface area contributed by atoms with E-state index in [1.165, 1.54) is 18.4 Å². The first-order chi connectivity index (χ1) is 7.98. The van der Waals surface area contributed by atoms with E-state index in [1.807, 2.05) is 0 Å². The Morgan fingerprint density at radius 1 is 0.941 bits per heavy atom. The van der Waals surface area contributed by atoms with Gasteiger partial charge in [-0.15, -0.1) is 0 Å². The number of hydrogen-bond donors (Lipinski definition) is 1. The van der Waals surface area contributed by atoms with Crippen molar-refractivity contribution in [3.05, 3.63) is 48.5 Å². The van der Waals surface area contributed by atoms with Crippen LogP contribution in [-0.4, -0.2) is 19.8 Å². The molecule has 3 nitrogen and oxygen atoms in total. The Kier molecular flexibility index (Phi) is 2.90. The number of sulfone groups is 1. The van der Waals surface area contributed by atoms with Gasteiger partial charge in [0, 0.05) is 11.8 Å². The Bertz CT molecular complexity index is 628. The van der Waals surface area contributed by atoms with E-state index in [2.05, 4.69) is 0 Å². The molecule has 17 heavy (non-hydrogen) atoms. The van der Waals surface area contributed by atoms with Crippen LogP contribution in [0.25, 0.3) is 11.1 Å². The largest absolute Gasteiger partial charge is 0.508 e. The van der Waals surface area contributed by atoms with Gasteiger partial charge >= 0.3 is 0 Å². The second-order valence-electron chi connectivity index (χ2n) is 3.82. The monoisotopic (exact) mass is 248 g/mol. The van der Waals surface area contributed by atoms with Crippen LogP contribution in [0.15, 0.2) is 53.4 Å². The number of benzene rings is 2. The molecule has 0 bridgehead atoms. The minimum absolute atomic E-state index is 0.158. The van der Waals surface area contributed by atoms with Gasteiger partial charge in [0.15, 0.2) is 9.84 Å². The summed E-state index contributed by atoms with van der Waals surface area (Å²) >= 11 is 0. The van der Waals surface area contributed by atoms with Crippen molar-refractivity contribution in [3.8, 4) is 16.9 Å². The molecule has 0 aliphatic carbocycles. The van der Waals surface area contributed by atoms with Gasteiger partial charge in [0.2, 0.25) is 0 Å². The van der Waals surface area contributed by atoms with Crippen LogP contribution in [0.4, 0.5) is 0 Å². The zero-order valence-electron chi connectivity index (χ0n) is 9.29. The molecular weight excluding hydrogens is 236 g/mol. The molecule has 0 unspecified atom stereocenters. The van der Waals surface area contributed by atoms with Gasteiger partial charge in [-0.05, 0) is 23.8 Å². The third-order valence-electron chi connectivity index (χ3n) is 2.46. The molecular formula is C13H12O3S. The molecule has 0 atom stereocenters. The van der Waals surface area contributed by atoms with E-state index < -0.39 is 9.84 Å². The van der Waals surface area contributed by atoms with E-state index in [-0.39, 0.29) is 5.75 Å². The highest BCUT2D eigenvalue weighted by Crippen LogP contribution is 2.28. The lowest BCUT2D eigenvalue weighted by Gasteiger charge is -2.07. The summed E-state index contributed by atoms with van der Waals surface area (Å²) in [6.45, 7) is 0. The molecule has 0 fully saturated rings. The first-order valence-corrected chi connectivity index (χ1v) is 6.96. The summed E-state index contributed by atoms with van der Waals surface area (Å²) < 4.78 is 23.3. The summed E-state index contributed by atoms with van der Waals surface area (Å²) in [5, 5.41) is 9.21. The fourth-order valence-corrected chi connectivity index (χ4v) is 2.58. The molecule has 0 saturated carbocycles. The fourth-order valence-electron chi connectivity index (χ4n) is 1.67. The maximum atomic E-state index is 11.6. The maximum absolute atomic E-state index is 11.6. The maximum Gasteiger partial charge on any atom is 0.176 e. The Hall–Kier alpha value is -1.81. The van der Waals surface area contributed by atoms with E-state index in [0.717, 1.165) is 5.56 Å². The van der Waals surface area contributed by atoms with Crippen molar-refractivity contribution in [3.63, 3.8) is 0 Å². The molecule has 0 aromatic heterocycles. The summed E-state index contributed by atoms with van der Waals surface area (Å²) in [5.41, 5.74) is 1.42. The Morgan fingerprint density at radius 2 is 1.53 bits per heavy atom. The van der Waals surface area contributed by atoms with Crippen LogP contribution in [0.5, 0.6) is 5.75 Å². The minimum atomic E-state index is -3.25. The average molecular weight is 248 g/mol.